The van der Waals surface area contributed by atoms with Crippen LogP contribution in [0.1, 0.15) is 44.8 Å². The summed E-state index contributed by atoms with van der Waals surface area (Å²) < 4.78 is 59.2. The van der Waals surface area contributed by atoms with Gasteiger partial charge in [-0.1, -0.05) is 6.08 Å². The molecule has 3 aliphatic rings. The summed E-state index contributed by atoms with van der Waals surface area (Å²) in [6.07, 6.45) is 0.960. The molecule has 6 atom stereocenters. The van der Waals surface area contributed by atoms with Gasteiger partial charge in [0.15, 0.2) is 25.0 Å². The van der Waals surface area contributed by atoms with Gasteiger partial charge in [0.05, 0.1) is 12.8 Å². The standard InChI is InChI=1S/C21H28F2N2O7/c1-2-21(12-30-14-7-3-5-9-28-14)17(31-15-8-4-6-10-29-15)16(23)19(32-21)25-11-13(22)18(26)24-20(25)27/h2,11,14-17,19H,1,3-10,12H2,(H,24,26,27)/t14?,15?,16-,17-,19+,21+/m0/s1. The second-order valence-electron chi connectivity index (χ2n) is 8.22. The normalized spacial score (nSPS) is 35.6. The van der Waals surface area contributed by atoms with Crippen molar-refractivity contribution in [2.24, 2.45) is 0 Å². The predicted molar refractivity (Wildman–Crippen MR) is 107 cm³/mol. The Hall–Kier alpha value is -1.92. The summed E-state index contributed by atoms with van der Waals surface area (Å²) >= 11 is 0. The highest BCUT2D eigenvalue weighted by Gasteiger charge is 2.57. The molecule has 0 aromatic carbocycles. The Morgan fingerprint density at radius 3 is 2.50 bits per heavy atom. The number of H-pyrrole nitrogens is 1. The Kier molecular flexibility index (Phi) is 7.21. The lowest BCUT2D eigenvalue weighted by molar-refractivity contribution is -0.237. The van der Waals surface area contributed by atoms with Crippen LogP contribution in [0, 0.1) is 5.82 Å². The smallest absolute Gasteiger partial charge is 0.330 e. The predicted octanol–water partition coefficient (Wildman–Crippen LogP) is 1.92. The molecule has 1 N–H and O–H groups in total. The van der Waals surface area contributed by atoms with Gasteiger partial charge in [0.25, 0.3) is 5.56 Å². The van der Waals surface area contributed by atoms with E-state index < -0.39 is 53.8 Å². The molecule has 0 amide bonds. The number of nitrogens with one attached hydrogen (secondary N) is 1. The van der Waals surface area contributed by atoms with Crippen LogP contribution >= 0.6 is 0 Å². The molecule has 0 saturated carbocycles. The maximum absolute atomic E-state index is 15.7. The number of rotatable bonds is 7. The minimum atomic E-state index is -1.91. The summed E-state index contributed by atoms with van der Waals surface area (Å²) in [5, 5.41) is 0. The van der Waals surface area contributed by atoms with Gasteiger partial charge in [0, 0.05) is 13.2 Å². The van der Waals surface area contributed by atoms with Crippen LogP contribution < -0.4 is 11.2 Å². The fraction of sp³-hybridized carbons (Fsp3) is 0.714. The van der Waals surface area contributed by atoms with Crippen LogP contribution in [0.3, 0.4) is 0 Å². The Morgan fingerprint density at radius 2 is 1.88 bits per heavy atom. The van der Waals surface area contributed by atoms with Gasteiger partial charge in [-0.05, 0) is 38.5 Å². The molecular weight excluding hydrogens is 430 g/mol. The highest BCUT2D eigenvalue weighted by Crippen LogP contribution is 2.43. The number of aromatic amines is 1. The number of alkyl halides is 1. The maximum atomic E-state index is 15.7. The number of hydrogen-bond donors (Lipinski definition) is 1. The average molecular weight is 458 g/mol. The lowest BCUT2D eigenvalue weighted by Gasteiger charge is -2.35. The zero-order valence-corrected chi connectivity index (χ0v) is 17.7. The van der Waals surface area contributed by atoms with Crippen LogP contribution in [0.25, 0.3) is 0 Å². The summed E-state index contributed by atoms with van der Waals surface area (Å²) in [6.45, 7) is 4.67. The van der Waals surface area contributed by atoms with Gasteiger partial charge in [-0.15, -0.1) is 6.58 Å². The molecule has 3 fully saturated rings. The average Bonchev–Trinajstić information content (AvgIpc) is 3.08. The van der Waals surface area contributed by atoms with E-state index in [1.807, 2.05) is 4.98 Å². The first-order chi connectivity index (χ1) is 15.4. The third-order valence-corrected chi connectivity index (χ3v) is 6.00. The van der Waals surface area contributed by atoms with Gasteiger partial charge in [-0.3, -0.25) is 14.3 Å². The van der Waals surface area contributed by atoms with Crippen LogP contribution in [-0.4, -0.2) is 59.8 Å². The van der Waals surface area contributed by atoms with Crippen molar-refractivity contribution in [1.29, 1.82) is 0 Å². The van der Waals surface area contributed by atoms with Crippen molar-refractivity contribution in [3.05, 3.63) is 45.5 Å². The van der Waals surface area contributed by atoms with Crippen molar-refractivity contribution < 1.29 is 32.5 Å². The monoisotopic (exact) mass is 458 g/mol. The molecule has 178 valence electrons. The fourth-order valence-electron chi connectivity index (χ4n) is 4.21. The SMILES string of the molecule is C=C[C@]1(COC2CCCCO2)O[C@@H](n2cc(F)c(=O)[nH]c2=O)[C@@H](F)[C@@H]1OC1CCCCO1. The summed E-state index contributed by atoms with van der Waals surface area (Å²) in [7, 11) is 0. The van der Waals surface area contributed by atoms with E-state index in [4.69, 9.17) is 23.7 Å². The lowest BCUT2D eigenvalue weighted by Crippen LogP contribution is -2.49. The molecule has 9 nitrogen and oxygen atoms in total. The third kappa shape index (κ3) is 4.72. The first-order valence-electron chi connectivity index (χ1n) is 10.9. The van der Waals surface area contributed by atoms with E-state index >= 15 is 4.39 Å². The zero-order valence-electron chi connectivity index (χ0n) is 17.7. The molecule has 3 saturated heterocycles. The number of aromatic nitrogens is 2. The van der Waals surface area contributed by atoms with Crippen molar-refractivity contribution in [3.63, 3.8) is 0 Å². The highest BCUT2D eigenvalue weighted by molar-refractivity contribution is 5.12. The second-order valence-corrected chi connectivity index (χ2v) is 8.22. The third-order valence-electron chi connectivity index (χ3n) is 6.00. The summed E-state index contributed by atoms with van der Waals surface area (Å²) in [5.41, 5.74) is -3.71. The largest absolute Gasteiger partial charge is 0.353 e. The number of ether oxygens (including phenoxy) is 5. The van der Waals surface area contributed by atoms with E-state index in [1.165, 1.54) is 6.08 Å². The van der Waals surface area contributed by atoms with Crippen molar-refractivity contribution in [1.82, 2.24) is 9.55 Å². The van der Waals surface area contributed by atoms with E-state index in [1.54, 1.807) is 0 Å². The van der Waals surface area contributed by atoms with Gasteiger partial charge >= 0.3 is 5.69 Å². The van der Waals surface area contributed by atoms with Gasteiger partial charge in [-0.2, -0.15) is 4.39 Å². The minimum Gasteiger partial charge on any atom is -0.353 e. The van der Waals surface area contributed by atoms with E-state index in [0.717, 1.165) is 25.7 Å². The molecule has 4 rings (SSSR count). The summed E-state index contributed by atoms with van der Waals surface area (Å²) in [6, 6.07) is 0. The van der Waals surface area contributed by atoms with Crippen LogP contribution in [-0.2, 0) is 23.7 Å². The molecule has 11 heteroatoms. The van der Waals surface area contributed by atoms with Crippen molar-refractivity contribution in [2.75, 3.05) is 19.8 Å². The van der Waals surface area contributed by atoms with Gasteiger partial charge in [0.2, 0.25) is 5.82 Å². The Bertz CT molecular complexity index is 910. The number of nitrogens with zero attached hydrogens (tertiary/aromatic N) is 1. The number of hydrogen-bond acceptors (Lipinski definition) is 7. The first kappa shape index (κ1) is 23.2. The molecule has 1 aromatic rings. The van der Waals surface area contributed by atoms with Crippen LogP contribution in [0.4, 0.5) is 8.78 Å². The van der Waals surface area contributed by atoms with E-state index in [0.29, 0.717) is 36.8 Å². The van der Waals surface area contributed by atoms with Gasteiger partial charge < -0.3 is 23.7 Å². The topological polar surface area (TPSA) is 101 Å². The van der Waals surface area contributed by atoms with Crippen LogP contribution in [0.5, 0.6) is 0 Å². The molecule has 0 spiro atoms. The Balaban J connectivity index is 1.62. The molecule has 1 aromatic heterocycles. The first-order valence-corrected chi connectivity index (χ1v) is 10.9. The quantitative estimate of drug-likeness (QED) is 0.623. The fourth-order valence-corrected chi connectivity index (χ4v) is 4.21. The van der Waals surface area contributed by atoms with Gasteiger partial charge in [0.1, 0.15) is 11.7 Å². The molecule has 0 bridgehead atoms. The zero-order chi connectivity index (χ0) is 22.7. The highest BCUT2D eigenvalue weighted by atomic mass is 19.1. The Labute approximate surface area is 183 Å². The molecule has 0 aliphatic carbocycles. The molecular formula is C21H28F2N2O7. The van der Waals surface area contributed by atoms with Gasteiger partial charge in [-0.25, -0.2) is 9.18 Å². The van der Waals surface area contributed by atoms with Crippen molar-refractivity contribution in [2.45, 2.75) is 75.2 Å². The minimum absolute atomic E-state index is 0.157. The van der Waals surface area contributed by atoms with Crippen LogP contribution in [0.15, 0.2) is 28.4 Å². The molecule has 2 unspecified atom stereocenters. The van der Waals surface area contributed by atoms with Crippen molar-refractivity contribution in [3.8, 4) is 0 Å². The maximum Gasteiger partial charge on any atom is 0.330 e. The molecule has 32 heavy (non-hydrogen) atoms. The van der Waals surface area contributed by atoms with E-state index in [-0.39, 0.29) is 6.61 Å². The summed E-state index contributed by atoms with van der Waals surface area (Å²) in [5.74, 6) is -1.24. The number of halogens is 2. The van der Waals surface area contributed by atoms with E-state index in [2.05, 4.69) is 6.58 Å². The lowest BCUT2D eigenvalue weighted by atomic mass is 9.96. The summed E-state index contributed by atoms with van der Waals surface area (Å²) in [4.78, 5) is 25.5. The molecule has 0 radical (unpaired) electrons. The van der Waals surface area contributed by atoms with Crippen LogP contribution in [0.2, 0.25) is 0 Å². The Morgan fingerprint density at radius 1 is 1.19 bits per heavy atom. The second kappa shape index (κ2) is 9.92. The van der Waals surface area contributed by atoms with Crippen molar-refractivity contribution >= 4 is 0 Å². The molecule has 3 aliphatic heterocycles. The van der Waals surface area contributed by atoms with E-state index in [9.17, 15) is 14.0 Å². The molecule has 4 heterocycles.